The second-order valence-electron chi connectivity index (χ2n) is 5.83. The molecule has 3 heterocycles. The Bertz CT molecular complexity index is 618. The van der Waals surface area contributed by atoms with Gasteiger partial charge >= 0.3 is 0 Å². The first-order valence-corrected chi connectivity index (χ1v) is 8.90. The average Bonchev–Trinajstić information content (AvgIpc) is 3.20. The van der Waals surface area contributed by atoms with Gasteiger partial charge in [-0.25, -0.2) is 0 Å². The molecule has 0 N–H and O–H groups in total. The van der Waals surface area contributed by atoms with E-state index in [-0.39, 0.29) is 5.91 Å². The highest BCUT2D eigenvalue weighted by Crippen LogP contribution is 2.14. The molecule has 0 radical (unpaired) electrons. The lowest BCUT2D eigenvalue weighted by atomic mass is 10.2. The fourth-order valence-electron chi connectivity index (χ4n) is 2.77. The lowest BCUT2D eigenvalue weighted by Crippen LogP contribution is -2.48. The third-order valence-electron chi connectivity index (χ3n) is 4.04. The maximum absolute atomic E-state index is 12.3. The fraction of sp³-hybridized carbons (Fsp3) is 0.562. The van der Waals surface area contributed by atoms with Crippen LogP contribution in [0, 0.1) is 6.92 Å². The van der Waals surface area contributed by atoms with Gasteiger partial charge in [0.25, 0.3) is 0 Å². The Morgan fingerprint density at radius 2 is 2.17 bits per heavy atom. The molecule has 0 saturated carbocycles. The monoisotopic (exact) mass is 334 g/mol. The Labute approximate surface area is 140 Å². The summed E-state index contributed by atoms with van der Waals surface area (Å²) >= 11 is 1.79. The molecule has 2 aromatic heterocycles. The molecule has 1 amide bonds. The van der Waals surface area contributed by atoms with Gasteiger partial charge in [-0.2, -0.15) is 4.98 Å². The largest absolute Gasteiger partial charge is 0.340 e. The number of carbonyl (C=O) groups excluding carboxylic acids is 1. The Kier molecular flexibility index (Phi) is 5.40. The summed E-state index contributed by atoms with van der Waals surface area (Å²) in [6.07, 6.45) is 1.98. The summed E-state index contributed by atoms with van der Waals surface area (Å²) in [6.45, 7) is 6.34. The molecule has 0 bridgehead atoms. The van der Waals surface area contributed by atoms with Crippen LogP contribution in [0.15, 0.2) is 22.0 Å². The van der Waals surface area contributed by atoms with E-state index in [4.69, 9.17) is 4.52 Å². The number of aryl methyl sites for hydroxylation is 2. The lowest BCUT2D eigenvalue weighted by Gasteiger charge is -2.34. The van der Waals surface area contributed by atoms with Gasteiger partial charge in [-0.1, -0.05) is 11.2 Å². The summed E-state index contributed by atoms with van der Waals surface area (Å²) in [7, 11) is 0. The number of carbonyl (C=O) groups is 1. The van der Waals surface area contributed by atoms with Crippen molar-refractivity contribution in [3.05, 3.63) is 34.1 Å². The van der Waals surface area contributed by atoms with Crippen molar-refractivity contribution >= 4 is 17.2 Å². The molecule has 7 heteroatoms. The zero-order chi connectivity index (χ0) is 16.1. The van der Waals surface area contributed by atoms with Crippen molar-refractivity contribution in [2.24, 2.45) is 0 Å². The van der Waals surface area contributed by atoms with Crippen LogP contribution in [0.4, 0.5) is 0 Å². The van der Waals surface area contributed by atoms with Gasteiger partial charge in [0.2, 0.25) is 11.8 Å². The van der Waals surface area contributed by atoms with Crippen molar-refractivity contribution in [3.63, 3.8) is 0 Å². The Morgan fingerprint density at radius 3 is 2.83 bits per heavy atom. The number of rotatable bonds is 6. The van der Waals surface area contributed by atoms with E-state index >= 15 is 0 Å². The van der Waals surface area contributed by atoms with Crippen LogP contribution < -0.4 is 0 Å². The van der Waals surface area contributed by atoms with Gasteiger partial charge in [0.15, 0.2) is 5.82 Å². The first-order chi connectivity index (χ1) is 11.2. The van der Waals surface area contributed by atoms with Crippen LogP contribution in [-0.4, -0.2) is 52.0 Å². The molecule has 1 saturated heterocycles. The van der Waals surface area contributed by atoms with Crippen LogP contribution in [0.25, 0.3) is 0 Å². The van der Waals surface area contributed by atoms with Gasteiger partial charge in [0.05, 0.1) is 0 Å². The molecule has 3 rings (SSSR count). The van der Waals surface area contributed by atoms with Crippen LogP contribution in [0.3, 0.4) is 0 Å². The van der Waals surface area contributed by atoms with Crippen LogP contribution in [0.2, 0.25) is 0 Å². The summed E-state index contributed by atoms with van der Waals surface area (Å²) in [6, 6.07) is 4.26. The molecular weight excluding hydrogens is 312 g/mol. The summed E-state index contributed by atoms with van der Waals surface area (Å²) in [4.78, 5) is 22.2. The fourth-order valence-corrected chi connectivity index (χ4v) is 3.52. The number of aromatic nitrogens is 2. The molecule has 1 fully saturated rings. The highest BCUT2D eigenvalue weighted by molar-refractivity contribution is 7.09. The molecule has 1 aliphatic heterocycles. The van der Waals surface area contributed by atoms with Crippen LogP contribution in [-0.2, 0) is 17.8 Å². The van der Waals surface area contributed by atoms with Crippen LogP contribution in [0.5, 0.6) is 0 Å². The second kappa shape index (κ2) is 7.70. The third kappa shape index (κ3) is 4.62. The Hall–Kier alpha value is -1.73. The normalized spacial score (nSPS) is 16.0. The minimum Gasteiger partial charge on any atom is -0.340 e. The average molecular weight is 334 g/mol. The van der Waals surface area contributed by atoms with E-state index in [1.54, 1.807) is 18.3 Å². The number of amides is 1. The minimum absolute atomic E-state index is 0.233. The smallest absolute Gasteiger partial charge is 0.226 e. The summed E-state index contributed by atoms with van der Waals surface area (Å²) in [5.74, 6) is 1.50. The zero-order valence-electron chi connectivity index (χ0n) is 13.4. The molecule has 6 nitrogen and oxygen atoms in total. The Morgan fingerprint density at radius 1 is 1.35 bits per heavy atom. The molecule has 0 atom stereocenters. The second-order valence-corrected chi connectivity index (χ2v) is 6.86. The topological polar surface area (TPSA) is 62.5 Å². The van der Waals surface area contributed by atoms with E-state index in [1.807, 2.05) is 4.90 Å². The Balaban J connectivity index is 1.36. The molecule has 0 unspecified atom stereocenters. The molecule has 1 aliphatic rings. The maximum Gasteiger partial charge on any atom is 0.226 e. The number of piperazine rings is 1. The SMILES string of the molecule is Cc1noc(CCCC(=O)N2CCN(Cc3cccs3)CC2)n1. The van der Waals surface area contributed by atoms with Gasteiger partial charge in [-0.3, -0.25) is 9.69 Å². The van der Waals surface area contributed by atoms with Crippen molar-refractivity contribution in [2.45, 2.75) is 32.7 Å². The van der Waals surface area contributed by atoms with E-state index in [2.05, 4.69) is 32.6 Å². The number of thiophene rings is 1. The first-order valence-electron chi connectivity index (χ1n) is 8.02. The van der Waals surface area contributed by atoms with Crippen molar-refractivity contribution in [3.8, 4) is 0 Å². The van der Waals surface area contributed by atoms with Gasteiger partial charge in [-0.15, -0.1) is 11.3 Å². The van der Waals surface area contributed by atoms with E-state index in [0.717, 1.165) is 39.1 Å². The predicted molar refractivity (Wildman–Crippen MR) is 88.1 cm³/mol. The van der Waals surface area contributed by atoms with Gasteiger partial charge in [0.1, 0.15) is 0 Å². The standard InChI is InChI=1S/C16H22N4O2S/c1-13-17-15(22-18-13)5-2-6-16(21)20-9-7-19(8-10-20)12-14-4-3-11-23-14/h3-4,11H,2,5-10,12H2,1H3. The van der Waals surface area contributed by atoms with Crippen molar-refractivity contribution in [2.75, 3.05) is 26.2 Å². The maximum atomic E-state index is 12.3. The molecule has 2 aromatic rings. The quantitative estimate of drug-likeness (QED) is 0.809. The minimum atomic E-state index is 0.233. The summed E-state index contributed by atoms with van der Waals surface area (Å²) in [5, 5.41) is 5.87. The first kappa shape index (κ1) is 16.1. The molecule has 0 aliphatic carbocycles. The highest BCUT2D eigenvalue weighted by atomic mass is 32.1. The zero-order valence-corrected chi connectivity index (χ0v) is 14.2. The molecule has 124 valence electrons. The molecular formula is C16H22N4O2S. The number of nitrogens with zero attached hydrogens (tertiary/aromatic N) is 4. The molecule has 0 spiro atoms. The van der Waals surface area contributed by atoms with Crippen molar-refractivity contribution in [1.29, 1.82) is 0 Å². The third-order valence-corrected chi connectivity index (χ3v) is 4.90. The van der Waals surface area contributed by atoms with Gasteiger partial charge < -0.3 is 9.42 Å². The lowest BCUT2D eigenvalue weighted by molar-refractivity contribution is -0.133. The highest BCUT2D eigenvalue weighted by Gasteiger charge is 2.21. The van der Waals surface area contributed by atoms with Crippen LogP contribution >= 0.6 is 11.3 Å². The van der Waals surface area contributed by atoms with E-state index < -0.39 is 0 Å². The van der Waals surface area contributed by atoms with E-state index in [1.165, 1.54) is 4.88 Å². The van der Waals surface area contributed by atoms with Crippen molar-refractivity contribution < 1.29 is 9.32 Å². The predicted octanol–water partition coefficient (Wildman–Crippen LogP) is 2.11. The number of hydrogen-bond acceptors (Lipinski definition) is 6. The molecule has 0 aromatic carbocycles. The molecule has 23 heavy (non-hydrogen) atoms. The summed E-state index contributed by atoms with van der Waals surface area (Å²) < 4.78 is 5.06. The van der Waals surface area contributed by atoms with Crippen molar-refractivity contribution in [1.82, 2.24) is 19.9 Å². The van der Waals surface area contributed by atoms with Gasteiger partial charge in [-0.05, 0) is 24.8 Å². The van der Waals surface area contributed by atoms with Crippen LogP contribution in [0.1, 0.15) is 29.4 Å². The summed E-state index contributed by atoms with van der Waals surface area (Å²) in [5.41, 5.74) is 0. The number of hydrogen-bond donors (Lipinski definition) is 0. The van der Waals surface area contributed by atoms with E-state index in [0.29, 0.717) is 24.6 Å². The van der Waals surface area contributed by atoms with Gasteiger partial charge in [0, 0.05) is 50.4 Å². The van der Waals surface area contributed by atoms with E-state index in [9.17, 15) is 4.79 Å².